The number of aromatic nitrogens is 1. The van der Waals surface area contributed by atoms with Crippen molar-refractivity contribution in [2.75, 3.05) is 38.6 Å². The lowest BCUT2D eigenvalue weighted by Crippen LogP contribution is -2.44. The molecule has 1 aromatic carbocycles. The molecule has 2 aliphatic rings. The molecule has 0 spiro atoms. The monoisotopic (exact) mass is 478 g/mol. The number of hydrogen-bond donors (Lipinski definition) is 0. The van der Waals surface area contributed by atoms with Gasteiger partial charge in [-0.2, -0.15) is 4.31 Å². The smallest absolute Gasteiger partial charge is 0.244 e. The van der Waals surface area contributed by atoms with Gasteiger partial charge in [0.05, 0.1) is 4.90 Å². The number of rotatable bonds is 5. The van der Waals surface area contributed by atoms with Crippen LogP contribution in [-0.2, 0) is 31.3 Å². The van der Waals surface area contributed by atoms with Crippen LogP contribution in [0.25, 0.3) is 0 Å². The van der Waals surface area contributed by atoms with E-state index in [1.165, 1.54) is 47.2 Å². The first-order valence-corrected chi connectivity index (χ1v) is 13.3. The van der Waals surface area contributed by atoms with Crippen LogP contribution < -0.4 is 4.90 Å². The zero-order valence-electron chi connectivity index (χ0n) is 18.0. The molecule has 1 amide bonds. The fourth-order valence-corrected chi connectivity index (χ4v) is 6.58. The molecule has 0 radical (unpaired) electrons. The topological polar surface area (TPSA) is 108 Å². The van der Waals surface area contributed by atoms with E-state index in [1.54, 1.807) is 23.1 Å². The van der Waals surface area contributed by atoms with Crippen molar-refractivity contribution in [2.45, 2.75) is 29.1 Å². The largest absolute Gasteiger partial charge is 0.312 e. The predicted octanol–water partition coefficient (Wildman–Crippen LogP) is 1.32. The van der Waals surface area contributed by atoms with E-state index in [4.69, 9.17) is 0 Å². The Morgan fingerprint density at radius 3 is 2.38 bits per heavy atom. The van der Waals surface area contributed by atoms with Gasteiger partial charge < -0.3 is 4.90 Å². The van der Waals surface area contributed by atoms with Crippen LogP contribution in [0.4, 0.5) is 5.69 Å². The van der Waals surface area contributed by atoms with E-state index in [-0.39, 0.29) is 34.7 Å². The van der Waals surface area contributed by atoms with Gasteiger partial charge in [-0.25, -0.2) is 21.1 Å². The zero-order chi connectivity index (χ0) is 23.1. The Balaban J connectivity index is 1.45. The SMILES string of the molecule is CN(C)S(=O)(=O)c1ccc2c(c1)CCN2C(=O)C1CCN(S(=O)(=O)c2cccnc2)CC1. The first-order chi connectivity index (χ1) is 15.1. The van der Waals surface area contributed by atoms with Crippen molar-refractivity contribution in [3.05, 3.63) is 48.3 Å². The van der Waals surface area contributed by atoms with E-state index in [2.05, 4.69) is 4.98 Å². The minimum absolute atomic E-state index is 0.0367. The first-order valence-electron chi connectivity index (χ1n) is 10.4. The van der Waals surface area contributed by atoms with Crippen LogP contribution in [0.5, 0.6) is 0 Å². The second-order valence-corrected chi connectivity index (χ2v) is 12.3. The van der Waals surface area contributed by atoms with Crippen molar-refractivity contribution in [1.82, 2.24) is 13.6 Å². The molecule has 0 atom stereocenters. The summed E-state index contributed by atoms with van der Waals surface area (Å²) < 4.78 is 52.9. The van der Waals surface area contributed by atoms with E-state index >= 15 is 0 Å². The zero-order valence-corrected chi connectivity index (χ0v) is 19.6. The quantitative estimate of drug-likeness (QED) is 0.641. The summed E-state index contributed by atoms with van der Waals surface area (Å²) in [5.74, 6) is -0.308. The van der Waals surface area contributed by atoms with Gasteiger partial charge in [0.2, 0.25) is 26.0 Å². The molecule has 11 heteroatoms. The van der Waals surface area contributed by atoms with Gasteiger partial charge in [0.25, 0.3) is 0 Å². The molecule has 0 saturated carbocycles. The van der Waals surface area contributed by atoms with E-state index in [0.717, 1.165) is 11.3 Å². The standard InChI is InChI=1S/C21H26N4O5S2/c1-23(2)31(27,28)18-5-6-20-17(14-18)9-13-25(20)21(26)16-7-11-24(12-8-16)32(29,30)19-4-3-10-22-15-19/h3-6,10,14-16H,7-9,11-13H2,1-2H3. The maximum atomic E-state index is 13.2. The summed E-state index contributed by atoms with van der Waals surface area (Å²) in [7, 11) is -4.19. The number of pyridine rings is 1. The van der Waals surface area contributed by atoms with Gasteiger partial charge in [0.15, 0.2) is 0 Å². The van der Waals surface area contributed by atoms with Crippen LogP contribution in [0.3, 0.4) is 0 Å². The number of sulfonamides is 2. The number of benzene rings is 1. The minimum Gasteiger partial charge on any atom is -0.312 e. The second-order valence-electron chi connectivity index (χ2n) is 8.18. The van der Waals surface area contributed by atoms with Gasteiger partial charge in [-0.05, 0) is 55.2 Å². The minimum atomic E-state index is -3.62. The highest BCUT2D eigenvalue weighted by atomic mass is 32.2. The average Bonchev–Trinajstić information content (AvgIpc) is 3.22. The maximum Gasteiger partial charge on any atom is 0.244 e. The molecule has 32 heavy (non-hydrogen) atoms. The Morgan fingerprint density at radius 1 is 1.03 bits per heavy atom. The normalized spacial score (nSPS) is 18.2. The molecule has 0 unspecified atom stereocenters. The summed E-state index contributed by atoms with van der Waals surface area (Å²) in [6.45, 7) is 1.04. The number of fused-ring (bicyclic) bond motifs is 1. The Hall–Kier alpha value is -2.34. The highest BCUT2D eigenvalue weighted by Crippen LogP contribution is 2.34. The van der Waals surface area contributed by atoms with Crippen LogP contribution in [-0.4, -0.2) is 70.1 Å². The van der Waals surface area contributed by atoms with Crippen LogP contribution in [0, 0.1) is 5.92 Å². The highest BCUT2D eigenvalue weighted by molar-refractivity contribution is 7.89. The number of hydrogen-bond acceptors (Lipinski definition) is 6. The lowest BCUT2D eigenvalue weighted by Gasteiger charge is -2.32. The molecule has 1 fully saturated rings. The van der Waals surface area contributed by atoms with Crippen molar-refractivity contribution in [3.8, 4) is 0 Å². The molecule has 0 N–H and O–H groups in total. The Morgan fingerprint density at radius 2 is 1.75 bits per heavy atom. The molecular formula is C21H26N4O5S2. The maximum absolute atomic E-state index is 13.2. The number of carbonyl (C=O) groups excluding carboxylic acids is 1. The van der Waals surface area contributed by atoms with Crippen LogP contribution in [0.15, 0.2) is 52.5 Å². The summed E-state index contributed by atoms with van der Waals surface area (Å²) in [5.41, 5.74) is 1.57. The van der Waals surface area contributed by atoms with Gasteiger partial charge in [0.1, 0.15) is 4.90 Å². The predicted molar refractivity (Wildman–Crippen MR) is 119 cm³/mol. The molecule has 0 aliphatic carbocycles. The van der Waals surface area contributed by atoms with Crippen molar-refractivity contribution in [2.24, 2.45) is 5.92 Å². The van der Waals surface area contributed by atoms with E-state index < -0.39 is 20.0 Å². The van der Waals surface area contributed by atoms with Crippen molar-refractivity contribution >= 4 is 31.6 Å². The lowest BCUT2D eigenvalue weighted by molar-refractivity contribution is -0.123. The van der Waals surface area contributed by atoms with Gasteiger partial charge >= 0.3 is 0 Å². The molecule has 172 valence electrons. The fourth-order valence-electron chi connectivity index (χ4n) is 4.19. The van der Waals surface area contributed by atoms with Crippen molar-refractivity contribution in [3.63, 3.8) is 0 Å². The van der Waals surface area contributed by atoms with Gasteiger partial charge in [-0.3, -0.25) is 9.78 Å². The third-order valence-electron chi connectivity index (χ3n) is 6.07. The summed E-state index contributed by atoms with van der Waals surface area (Å²) in [6, 6.07) is 7.97. The molecule has 4 rings (SSSR count). The summed E-state index contributed by atoms with van der Waals surface area (Å²) >= 11 is 0. The van der Waals surface area contributed by atoms with Crippen LogP contribution >= 0.6 is 0 Å². The summed E-state index contributed by atoms with van der Waals surface area (Å²) in [5, 5.41) is 0. The molecular weight excluding hydrogens is 452 g/mol. The van der Waals surface area contributed by atoms with Crippen LogP contribution in [0.2, 0.25) is 0 Å². The highest BCUT2D eigenvalue weighted by Gasteiger charge is 2.36. The van der Waals surface area contributed by atoms with Gasteiger partial charge in [-0.15, -0.1) is 0 Å². The summed E-state index contributed by atoms with van der Waals surface area (Å²) in [4.78, 5) is 19.2. The van der Waals surface area contributed by atoms with Crippen LogP contribution in [0.1, 0.15) is 18.4 Å². The molecule has 0 bridgehead atoms. The van der Waals surface area contributed by atoms with Gasteiger partial charge in [-0.1, -0.05) is 0 Å². The molecule has 9 nitrogen and oxygen atoms in total. The Labute approximate surface area is 188 Å². The molecule has 2 aromatic rings. The lowest BCUT2D eigenvalue weighted by atomic mass is 9.96. The fraction of sp³-hybridized carbons (Fsp3) is 0.429. The third kappa shape index (κ3) is 4.05. The number of anilines is 1. The van der Waals surface area contributed by atoms with Crippen molar-refractivity contribution < 1.29 is 21.6 Å². The van der Waals surface area contributed by atoms with E-state index in [1.807, 2.05) is 0 Å². The number of amides is 1. The van der Waals surface area contributed by atoms with Crippen molar-refractivity contribution in [1.29, 1.82) is 0 Å². The van der Waals surface area contributed by atoms with Gasteiger partial charge in [0, 0.05) is 57.7 Å². The second kappa shape index (κ2) is 8.54. The van der Waals surface area contributed by atoms with E-state index in [0.29, 0.717) is 25.8 Å². The third-order valence-corrected chi connectivity index (χ3v) is 9.76. The number of nitrogens with zero attached hydrogens (tertiary/aromatic N) is 4. The molecule has 1 saturated heterocycles. The molecule has 2 aliphatic heterocycles. The number of carbonyl (C=O) groups is 1. The molecule has 3 heterocycles. The first kappa shape index (κ1) is 22.8. The Kier molecular flexibility index (Phi) is 6.10. The molecule has 1 aromatic heterocycles. The summed E-state index contributed by atoms with van der Waals surface area (Å²) in [6.07, 6.45) is 4.33. The van der Waals surface area contributed by atoms with E-state index in [9.17, 15) is 21.6 Å². The number of piperidine rings is 1. The average molecular weight is 479 g/mol. The Bertz CT molecular complexity index is 1220.